The van der Waals surface area contributed by atoms with E-state index in [1.807, 2.05) is 57.2 Å². The molecule has 5 rings (SSSR count). The Balaban J connectivity index is 1.63. The summed E-state index contributed by atoms with van der Waals surface area (Å²) < 4.78 is 19.9. The van der Waals surface area contributed by atoms with Crippen molar-refractivity contribution in [2.45, 2.75) is 33.1 Å². The minimum atomic E-state index is -0.215. The molecule has 0 saturated carbocycles. The number of fused-ring (bicyclic) bond motifs is 2. The summed E-state index contributed by atoms with van der Waals surface area (Å²) in [5.74, 6) is 2.46. The van der Waals surface area contributed by atoms with Gasteiger partial charge in [0.2, 0.25) is 11.0 Å². The Labute approximate surface area is 201 Å². The normalized spacial score (nSPS) is 15.2. The average Bonchev–Trinajstić information content (AvgIpc) is 3.39. The molecule has 0 aliphatic carbocycles. The van der Waals surface area contributed by atoms with Gasteiger partial charge >= 0.3 is 0 Å². The second-order valence-corrected chi connectivity index (χ2v) is 8.94. The van der Waals surface area contributed by atoms with Gasteiger partial charge in [0.25, 0.3) is 0 Å². The summed E-state index contributed by atoms with van der Waals surface area (Å²) >= 11 is 1.51. The molecule has 9 heteroatoms. The highest BCUT2D eigenvalue weighted by atomic mass is 32.1. The van der Waals surface area contributed by atoms with Gasteiger partial charge in [-0.1, -0.05) is 23.5 Å². The fraction of sp³-hybridized carbons (Fsp3) is 0.320. The van der Waals surface area contributed by atoms with E-state index in [9.17, 15) is 4.79 Å². The van der Waals surface area contributed by atoms with Crippen molar-refractivity contribution in [1.82, 2.24) is 14.8 Å². The Bertz CT molecular complexity index is 1380. The minimum absolute atomic E-state index is 0.0799. The van der Waals surface area contributed by atoms with E-state index in [0.29, 0.717) is 42.1 Å². The third-order valence-electron chi connectivity index (χ3n) is 5.84. The van der Waals surface area contributed by atoms with Gasteiger partial charge in [0.05, 0.1) is 36.2 Å². The van der Waals surface area contributed by atoms with Crippen LogP contribution in [0.5, 0.6) is 17.2 Å². The zero-order chi connectivity index (χ0) is 23.8. The highest BCUT2D eigenvalue weighted by molar-refractivity contribution is 7.20. The Morgan fingerprint density at radius 2 is 2.00 bits per heavy atom. The van der Waals surface area contributed by atoms with Gasteiger partial charge in [0.15, 0.2) is 11.5 Å². The largest absolute Gasteiger partial charge is 0.494 e. The van der Waals surface area contributed by atoms with Crippen LogP contribution in [-0.2, 0) is 4.79 Å². The molecule has 1 unspecified atom stereocenters. The molecule has 0 radical (unpaired) electrons. The third-order valence-corrected chi connectivity index (χ3v) is 6.83. The standard InChI is InChI=1S/C25H26N4O4S/c1-5-32-15-10-11-18-20(12-15)34-25(26-18)29-24-22(14(3)28-29)17(13-21(30)27-24)16-8-7-9-19(31-4)23(16)33-6-2/h7-12,17H,5-6,13H2,1-4H3,(H,27,30). The van der Waals surface area contributed by atoms with Crippen molar-refractivity contribution in [1.29, 1.82) is 0 Å². The predicted molar refractivity (Wildman–Crippen MR) is 132 cm³/mol. The number of hydrogen-bond donors (Lipinski definition) is 1. The quantitative estimate of drug-likeness (QED) is 0.399. The molecule has 8 nitrogen and oxygen atoms in total. The van der Waals surface area contributed by atoms with Crippen LogP contribution in [-0.4, -0.2) is 41.0 Å². The number of carbonyl (C=O) groups excluding carboxylic acids is 1. The number of thiazole rings is 1. The molecule has 0 spiro atoms. The topological polar surface area (TPSA) is 87.5 Å². The Morgan fingerprint density at radius 3 is 2.76 bits per heavy atom. The van der Waals surface area contributed by atoms with Gasteiger partial charge in [0, 0.05) is 23.5 Å². The van der Waals surface area contributed by atoms with Crippen LogP contribution >= 0.6 is 11.3 Å². The number of aryl methyl sites for hydroxylation is 1. The second-order valence-electron chi connectivity index (χ2n) is 7.94. The van der Waals surface area contributed by atoms with Crippen LogP contribution in [0.25, 0.3) is 15.3 Å². The van der Waals surface area contributed by atoms with Crippen molar-refractivity contribution >= 4 is 33.3 Å². The summed E-state index contributed by atoms with van der Waals surface area (Å²) in [5.41, 5.74) is 3.56. The van der Waals surface area contributed by atoms with Gasteiger partial charge in [-0.15, -0.1) is 0 Å². The predicted octanol–water partition coefficient (Wildman–Crippen LogP) is 5.07. The number of aromatic nitrogens is 3. The Kier molecular flexibility index (Phi) is 5.87. The number of anilines is 1. The van der Waals surface area contributed by atoms with Crippen LogP contribution in [0.4, 0.5) is 5.82 Å². The molecular weight excluding hydrogens is 452 g/mol. The van der Waals surface area contributed by atoms with Crippen molar-refractivity contribution in [3.8, 4) is 22.4 Å². The third kappa shape index (κ3) is 3.75. The summed E-state index contributed by atoms with van der Waals surface area (Å²) in [6, 6.07) is 11.6. The molecule has 1 atom stereocenters. The number of hydrogen-bond acceptors (Lipinski definition) is 7. The van der Waals surface area contributed by atoms with Crippen LogP contribution in [0.15, 0.2) is 36.4 Å². The molecule has 0 saturated heterocycles. The molecule has 2 aromatic heterocycles. The van der Waals surface area contributed by atoms with Gasteiger partial charge in [-0.3, -0.25) is 4.79 Å². The van der Waals surface area contributed by atoms with E-state index < -0.39 is 0 Å². The molecule has 3 heterocycles. The number of methoxy groups -OCH3 is 1. The fourth-order valence-corrected chi connectivity index (χ4v) is 5.41. The molecule has 2 aromatic carbocycles. The number of nitrogens with zero attached hydrogens (tertiary/aromatic N) is 3. The number of nitrogens with one attached hydrogen (secondary N) is 1. The highest BCUT2D eigenvalue weighted by Gasteiger charge is 2.35. The van der Waals surface area contributed by atoms with E-state index in [0.717, 1.165) is 32.8 Å². The SMILES string of the molecule is CCOc1ccc2nc(-n3nc(C)c4c3NC(=O)CC4c3cccc(OC)c3OCC)sc2c1. The van der Waals surface area contributed by atoms with Crippen molar-refractivity contribution in [2.75, 3.05) is 25.6 Å². The van der Waals surface area contributed by atoms with E-state index in [-0.39, 0.29) is 11.8 Å². The van der Waals surface area contributed by atoms with Crippen LogP contribution in [0.3, 0.4) is 0 Å². The number of rotatable bonds is 7. The molecule has 1 aliphatic rings. The van der Waals surface area contributed by atoms with Crippen molar-refractivity contribution < 1.29 is 19.0 Å². The maximum atomic E-state index is 12.9. The number of carbonyl (C=O) groups is 1. The number of amides is 1. The lowest BCUT2D eigenvalue weighted by Gasteiger charge is -2.26. The summed E-state index contributed by atoms with van der Waals surface area (Å²) in [4.78, 5) is 17.6. The molecule has 0 bridgehead atoms. The Hall–Kier alpha value is -3.59. The van der Waals surface area contributed by atoms with Gasteiger partial charge in [-0.2, -0.15) is 9.78 Å². The van der Waals surface area contributed by atoms with Crippen molar-refractivity contribution in [3.63, 3.8) is 0 Å². The van der Waals surface area contributed by atoms with Crippen LogP contribution in [0.1, 0.15) is 43.0 Å². The molecule has 1 amide bonds. The van der Waals surface area contributed by atoms with Gasteiger partial charge in [-0.25, -0.2) is 4.98 Å². The minimum Gasteiger partial charge on any atom is -0.494 e. The molecule has 0 fully saturated rings. The van der Waals surface area contributed by atoms with Crippen LogP contribution in [0, 0.1) is 6.92 Å². The number of para-hydroxylation sites is 1. The maximum absolute atomic E-state index is 12.9. The summed E-state index contributed by atoms with van der Waals surface area (Å²) in [6.45, 7) is 6.94. The van der Waals surface area contributed by atoms with E-state index in [1.54, 1.807) is 11.8 Å². The second kappa shape index (κ2) is 8.98. The van der Waals surface area contributed by atoms with E-state index in [1.165, 1.54) is 11.3 Å². The first-order valence-electron chi connectivity index (χ1n) is 11.3. The van der Waals surface area contributed by atoms with E-state index in [2.05, 4.69) is 5.32 Å². The zero-order valence-electron chi connectivity index (χ0n) is 19.5. The lowest BCUT2D eigenvalue weighted by molar-refractivity contribution is -0.116. The Morgan fingerprint density at radius 1 is 1.18 bits per heavy atom. The molecule has 176 valence electrons. The first kappa shape index (κ1) is 22.2. The summed E-state index contributed by atoms with van der Waals surface area (Å²) in [5, 5.41) is 8.51. The summed E-state index contributed by atoms with van der Waals surface area (Å²) in [7, 11) is 1.62. The lowest BCUT2D eigenvalue weighted by Crippen LogP contribution is -2.25. The monoisotopic (exact) mass is 478 g/mol. The first-order chi connectivity index (χ1) is 16.5. The smallest absolute Gasteiger partial charge is 0.226 e. The van der Waals surface area contributed by atoms with Gasteiger partial charge in [0.1, 0.15) is 11.6 Å². The molecule has 34 heavy (non-hydrogen) atoms. The van der Waals surface area contributed by atoms with E-state index in [4.69, 9.17) is 24.3 Å². The fourth-order valence-electron chi connectivity index (χ4n) is 4.46. The van der Waals surface area contributed by atoms with Crippen molar-refractivity contribution in [2.24, 2.45) is 0 Å². The summed E-state index contributed by atoms with van der Waals surface area (Å²) in [6.07, 6.45) is 0.296. The number of benzene rings is 2. The van der Waals surface area contributed by atoms with Gasteiger partial charge in [-0.05, 0) is 45.0 Å². The molecule has 4 aromatic rings. The van der Waals surface area contributed by atoms with E-state index >= 15 is 0 Å². The van der Waals surface area contributed by atoms with Crippen LogP contribution < -0.4 is 19.5 Å². The molecular formula is C25H26N4O4S. The average molecular weight is 479 g/mol. The van der Waals surface area contributed by atoms with Crippen molar-refractivity contribution in [3.05, 3.63) is 53.2 Å². The maximum Gasteiger partial charge on any atom is 0.226 e. The molecule has 1 N–H and O–H groups in total. The zero-order valence-corrected chi connectivity index (χ0v) is 20.4. The van der Waals surface area contributed by atoms with Gasteiger partial charge < -0.3 is 19.5 Å². The highest BCUT2D eigenvalue weighted by Crippen LogP contribution is 2.46. The molecule has 1 aliphatic heterocycles. The van der Waals surface area contributed by atoms with Crippen LogP contribution in [0.2, 0.25) is 0 Å². The number of ether oxygens (including phenoxy) is 3. The first-order valence-corrected chi connectivity index (χ1v) is 12.1. The lowest BCUT2D eigenvalue weighted by atomic mass is 9.85.